The summed E-state index contributed by atoms with van der Waals surface area (Å²) in [4.78, 5) is 10.9. The summed E-state index contributed by atoms with van der Waals surface area (Å²) in [5, 5.41) is 13.1. The molecule has 0 atom stereocenters. The summed E-state index contributed by atoms with van der Waals surface area (Å²) in [6.45, 7) is 2.08. The molecule has 0 saturated carbocycles. The van der Waals surface area contributed by atoms with E-state index in [0.29, 0.717) is 5.69 Å². The van der Waals surface area contributed by atoms with Crippen molar-refractivity contribution >= 4 is 63.1 Å². The van der Waals surface area contributed by atoms with Crippen LogP contribution in [0.2, 0.25) is 0 Å². The van der Waals surface area contributed by atoms with E-state index in [1.807, 2.05) is 0 Å². The number of hydrazone groups is 1. The molecular weight excluding hydrogens is 494 g/mol. The lowest BCUT2D eigenvalue weighted by molar-refractivity contribution is 0.0697. The van der Waals surface area contributed by atoms with Crippen LogP contribution in [-0.4, -0.2) is 17.3 Å². The lowest BCUT2D eigenvalue weighted by atomic mass is 10.2. The molecule has 2 aromatic carbocycles. The molecule has 4 nitrogen and oxygen atoms in total. The summed E-state index contributed by atoms with van der Waals surface area (Å²) in [6, 6.07) is 10.6. The predicted molar refractivity (Wildman–Crippen MR) is 101 cm³/mol. The van der Waals surface area contributed by atoms with Gasteiger partial charge in [-0.25, -0.2) is 4.79 Å². The van der Waals surface area contributed by atoms with Crippen LogP contribution in [0.4, 0.5) is 5.69 Å². The summed E-state index contributed by atoms with van der Waals surface area (Å²) >= 11 is 4.60. The standard InChI is InChI=1S/C15H12I2N2O2/c1-9-13(16)5-10(6-14(9)17)8-18-19-12-4-2-3-11(7-12)15(20)21/h2-8,19H,1H3,(H,20,21)/b18-8-. The number of halogens is 2. The maximum absolute atomic E-state index is 10.9. The topological polar surface area (TPSA) is 61.7 Å². The third-order valence-corrected chi connectivity index (χ3v) is 5.06. The van der Waals surface area contributed by atoms with Gasteiger partial charge in [-0.3, -0.25) is 5.43 Å². The van der Waals surface area contributed by atoms with Crippen LogP contribution in [0.25, 0.3) is 0 Å². The van der Waals surface area contributed by atoms with Gasteiger partial charge in [0.1, 0.15) is 0 Å². The van der Waals surface area contributed by atoms with Crippen molar-refractivity contribution in [1.29, 1.82) is 0 Å². The first-order valence-electron chi connectivity index (χ1n) is 6.05. The van der Waals surface area contributed by atoms with Gasteiger partial charge in [-0.15, -0.1) is 0 Å². The molecule has 0 unspecified atom stereocenters. The fourth-order valence-corrected chi connectivity index (χ4v) is 3.46. The van der Waals surface area contributed by atoms with E-state index < -0.39 is 5.97 Å². The third kappa shape index (κ3) is 4.40. The van der Waals surface area contributed by atoms with Crippen molar-refractivity contribution in [2.75, 3.05) is 5.43 Å². The van der Waals surface area contributed by atoms with Gasteiger partial charge in [0.25, 0.3) is 0 Å². The van der Waals surface area contributed by atoms with Crippen molar-refractivity contribution in [2.24, 2.45) is 5.10 Å². The Hall–Kier alpha value is -1.16. The fraction of sp³-hybridized carbons (Fsp3) is 0.0667. The molecule has 0 amide bonds. The Morgan fingerprint density at radius 3 is 2.52 bits per heavy atom. The van der Waals surface area contributed by atoms with Crippen LogP contribution in [0.15, 0.2) is 41.5 Å². The highest BCUT2D eigenvalue weighted by atomic mass is 127. The van der Waals surface area contributed by atoms with Gasteiger partial charge in [-0.1, -0.05) is 6.07 Å². The maximum atomic E-state index is 10.9. The predicted octanol–water partition coefficient (Wildman–Crippen LogP) is 4.35. The Morgan fingerprint density at radius 1 is 1.24 bits per heavy atom. The largest absolute Gasteiger partial charge is 0.478 e. The number of carbonyl (C=O) groups is 1. The van der Waals surface area contributed by atoms with Crippen LogP contribution < -0.4 is 5.43 Å². The second-order valence-electron chi connectivity index (χ2n) is 4.37. The van der Waals surface area contributed by atoms with Crippen molar-refractivity contribution in [3.63, 3.8) is 0 Å². The molecule has 0 aliphatic carbocycles. The summed E-state index contributed by atoms with van der Waals surface area (Å²) in [5.41, 5.74) is 5.97. The zero-order valence-electron chi connectivity index (χ0n) is 11.1. The quantitative estimate of drug-likeness (QED) is 0.369. The van der Waals surface area contributed by atoms with Crippen LogP contribution in [0.1, 0.15) is 21.5 Å². The Labute approximate surface area is 149 Å². The molecule has 0 spiro atoms. The van der Waals surface area contributed by atoms with Gasteiger partial charge in [-0.2, -0.15) is 5.10 Å². The molecule has 0 aromatic heterocycles. The molecular formula is C15H12I2N2O2. The number of rotatable bonds is 4. The van der Waals surface area contributed by atoms with E-state index >= 15 is 0 Å². The van der Waals surface area contributed by atoms with Gasteiger partial charge in [0.15, 0.2) is 0 Å². The van der Waals surface area contributed by atoms with E-state index in [9.17, 15) is 4.79 Å². The molecule has 2 rings (SSSR count). The van der Waals surface area contributed by atoms with Crippen molar-refractivity contribution < 1.29 is 9.90 Å². The van der Waals surface area contributed by atoms with Crippen molar-refractivity contribution in [2.45, 2.75) is 6.92 Å². The molecule has 2 N–H and O–H groups in total. The molecule has 0 radical (unpaired) electrons. The number of hydrogen-bond acceptors (Lipinski definition) is 3. The van der Waals surface area contributed by atoms with Gasteiger partial charge in [-0.05, 0) is 93.6 Å². The van der Waals surface area contributed by atoms with Gasteiger partial charge in [0.05, 0.1) is 17.5 Å². The molecule has 0 fully saturated rings. The van der Waals surface area contributed by atoms with Gasteiger partial charge < -0.3 is 5.11 Å². The minimum Gasteiger partial charge on any atom is -0.478 e. The van der Waals surface area contributed by atoms with E-state index in [1.54, 1.807) is 30.5 Å². The van der Waals surface area contributed by atoms with Crippen molar-refractivity contribution in [1.82, 2.24) is 0 Å². The molecule has 6 heteroatoms. The van der Waals surface area contributed by atoms with E-state index in [0.717, 1.165) is 5.56 Å². The highest BCUT2D eigenvalue weighted by Gasteiger charge is 2.03. The first-order valence-corrected chi connectivity index (χ1v) is 8.21. The van der Waals surface area contributed by atoms with Crippen LogP contribution in [-0.2, 0) is 0 Å². The normalized spacial score (nSPS) is 10.8. The summed E-state index contributed by atoms with van der Waals surface area (Å²) in [5.74, 6) is -0.953. The number of nitrogens with zero attached hydrogens (tertiary/aromatic N) is 1. The minimum absolute atomic E-state index is 0.231. The molecule has 0 saturated heterocycles. The second-order valence-corrected chi connectivity index (χ2v) is 6.69. The van der Waals surface area contributed by atoms with Crippen molar-refractivity contribution in [3.8, 4) is 0 Å². The van der Waals surface area contributed by atoms with Crippen LogP contribution in [0.5, 0.6) is 0 Å². The zero-order valence-corrected chi connectivity index (χ0v) is 15.4. The number of nitrogens with one attached hydrogen (secondary N) is 1. The number of carboxylic acids is 1. The van der Waals surface area contributed by atoms with Crippen LogP contribution >= 0.6 is 45.2 Å². The van der Waals surface area contributed by atoms with E-state index in [-0.39, 0.29) is 5.56 Å². The second kappa shape index (κ2) is 7.21. The lowest BCUT2D eigenvalue weighted by Gasteiger charge is -2.04. The number of anilines is 1. The summed E-state index contributed by atoms with van der Waals surface area (Å²) in [6.07, 6.45) is 1.72. The molecule has 0 bridgehead atoms. The third-order valence-electron chi connectivity index (χ3n) is 2.82. The van der Waals surface area contributed by atoms with Crippen LogP contribution in [0, 0.1) is 14.1 Å². The van der Waals surface area contributed by atoms with Gasteiger partial charge in [0, 0.05) is 7.14 Å². The zero-order chi connectivity index (χ0) is 15.4. The van der Waals surface area contributed by atoms with Crippen LogP contribution in [0.3, 0.4) is 0 Å². The number of benzene rings is 2. The van der Waals surface area contributed by atoms with E-state index in [1.165, 1.54) is 12.7 Å². The number of aromatic carboxylic acids is 1. The van der Waals surface area contributed by atoms with E-state index in [2.05, 4.69) is 74.8 Å². The minimum atomic E-state index is -0.953. The van der Waals surface area contributed by atoms with Gasteiger partial charge in [0.2, 0.25) is 0 Å². The molecule has 0 aliphatic heterocycles. The molecule has 2 aromatic rings. The maximum Gasteiger partial charge on any atom is 0.335 e. The number of hydrogen-bond donors (Lipinski definition) is 2. The first-order chi connectivity index (χ1) is 9.97. The highest BCUT2D eigenvalue weighted by molar-refractivity contribution is 14.1. The Morgan fingerprint density at radius 2 is 1.90 bits per heavy atom. The smallest absolute Gasteiger partial charge is 0.335 e. The Bertz CT molecular complexity index is 692. The molecule has 0 aliphatic rings. The summed E-state index contributed by atoms with van der Waals surface area (Å²) < 4.78 is 2.38. The molecule has 21 heavy (non-hydrogen) atoms. The average molecular weight is 506 g/mol. The fourth-order valence-electron chi connectivity index (χ4n) is 1.64. The molecule has 108 valence electrons. The first kappa shape index (κ1) is 16.2. The molecule has 0 heterocycles. The van der Waals surface area contributed by atoms with Gasteiger partial charge >= 0.3 is 5.97 Å². The average Bonchev–Trinajstić information content (AvgIpc) is 2.45. The SMILES string of the molecule is Cc1c(I)cc(/C=N\Nc2cccc(C(=O)O)c2)cc1I. The number of carboxylic acid groups (broad SMARTS) is 1. The Balaban J connectivity index is 2.12. The monoisotopic (exact) mass is 506 g/mol. The van der Waals surface area contributed by atoms with Crippen molar-refractivity contribution in [3.05, 3.63) is 60.2 Å². The lowest BCUT2D eigenvalue weighted by Crippen LogP contribution is -1.98. The summed E-state index contributed by atoms with van der Waals surface area (Å²) in [7, 11) is 0. The highest BCUT2D eigenvalue weighted by Crippen LogP contribution is 2.19. The van der Waals surface area contributed by atoms with E-state index in [4.69, 9.17) is 5.11 Å². The Kier molecular flexibility index (Phi) is 5.57.